The average molecular weight is 299 g/mol. The SMILES string of the molecule is CNc1ccc(S(=O)(=O)NC(C)CCCC(C)C)cn1. The predicted molar refractivity (Wildman–Crippen MR) is 82.3 cm³/mol. The van der Waals surface area contributed by atoms with E-state index in [9.17, 15) is 8.42 Å². The molecule has 0 aliphatic rings. The Bertz CT molecular complexity index is 498. The summed E-state index contributed by atoms with van der Waals surface area (Å²) >= 11 is 0. The Labute approximate surface area is 122 Å². The quantitative estimate of drug-likeness (QED) is 0.774. The number of pyridine rings is 1. The van der Waals surface area contributed by atoms with Gasteiger partial charge in [0.2, 0.25) is 10.0 Å². The minimum absolute atomic E-state index is 0.0669. The van der Waals surface area contributed by atoms with Crippen molar-refractivity contribution >= 4 is 15.8 Å². The van der Waals surface area contributed by atoms with Crippen molar-refractivity contribution in [2.24, 2.45) is 5.92 Å². The fraction of sp³-hybridized carbons (Fsp3) is 0.643. The predicted octanol–water partition coefficient (Wildman–Crippen LogP) is 2.62. The molecule has 1 aromatic rings. The minimum Gasteiger partial charge on any atom is -0.373 e. The summed E-state index contributed by atoms with van der Waals surface area (Å²) in [6.45, 7) is 6.24. The van der Waals surface area contributed by atoms with Crippen LogP contribution >= 0.6 is 0 Å². The molecule has 0 saturated carbocycles. The van der Waals surface area contributed by atoms with Gasteiger partial charge in [-0.05, 0) is 31.4 Å². The number of sulfonamides is 1. The second-order valence-electron chi connectivity index (χ2n) is 5.48. The van der Waals surface area contributed by atoms with E-state index in [1.165, 1.54) is 6.20 Å². The maximum Gasteiger partial charge on any atom is 0.242 e. The lowest BCUT2D eigenvalue weighted by molar-refractivity contribution is 0.488. The summed E-state index contributed by atoms with van der Waals surface area (Å²) in [5, 5.41) is 2.86. The summed E-state index contributed by atoms with van der Waals surface area (Å²) in [7, 11) is -1.73. The van der Waals surface area contributed by atoms with E-state index in [4.69, 9.17) is 0 Å². The van der Waals surface area contributed by atoms with E-state index in [-0.39, 0.29) is 10.9 Å². The van der Waals surface area contributed by atoms with E-state index in [1.807, 2.05) is 6.92 Å². The van der Waals surface area contributed by atoms with Gasteiger partial charge in [-0.25, -0.2) is 18.1 Å². The molecule has 6 heteroatoms. The molecule has 0 fully saturated rings. The van der Waals surface area contributed by atoms with Crippen molar-refractivity contribution in [2.75, 3.05) is 12.4 Å². The van der Waals surface area contributed by atoms with Crippen LogP contribution in [0.15, 0.2) is 23.2 Å². The zero-order valence-electron chi connectivity index (χ0n) is 12.7. The molecule has 1 unspecified atom stereocenters. The third-order valence-corrected chi connectivity index (χ3v) is 4.65. The Morgan fingerprint density at radius 3 is 2.40 bits per heavy atom. The first kappa shape index (κ1) is 16.9. The van der Waals surface area contributed by atoms with Crippen molar-refractivity contribution in [1.82, 2.24) is 9.71 Å². The molecular weight excluding hydrogens is 274 g/mol. The fourth-order valence-corrected chi connectivity index (χ4v) is 3.13. The second-order valence-corrected chi connectivity index (χ2v) is 7.19. The van der Waals surface area contributed by atoms with Crippen LogP contribution in [0.5, 0.6) is 0 Å². The smallest absolute Gasteiger partial charge is 0.242 e. The summed E-state index contributed by atoms with van der Waals surface area (Å²) in [5.74, 6) is 1.30. The van der Waals surface area contributed by atoms with Gasteiger partial charge in [-0.1, -0.05) is 26.7 Å². The lowest BCUT2D eigenvalue weighted by Gasteiger charge is -2.14. The van der Waals surface area contributed by atoms with Gasteiger partial charge in [0, 0.05) is 19.3 Å². The number of nitrogens with one attached hydrogen (secondary N) is 2. The summed E-state index contributed by atoms with van der Waals surface area (Å²) in [5.41, 5.74) is 0. The normalized spacial score (nSPS) is 13.4. The van der Waals surface area contributed by atoms with Gasteiger partial charge in [0.15, 0.2) is 0 Å². The Morgan fingerprint density at radius 1 is 1.20 bits per heavy atom. The highest BCUT2D eigenvalue weighted by Gasteiger charge is 2.17. The number of aromatic nitrogens is 1. The van der Waals surface area contributed by atoms with Crippen LogP contribution in [0.4, 0.5) is 5.82 Å². The van der Waals surface area contributed by atoms with Crippen LogP contribution in [-0.4, -0.2) is 26.5 Å². The van der Waals surface area contributed by atoms with Crippen molar-refractivity contribution in [2.45, 2.75) is 51.0 Å². The summed E-state index contributed by atoms with van der Waals surface area (Å²) in [6.07, 6.45) is 4.36. The zero-order chi connectivity index (χ0) is 15.2. The van der Waals surface area contributed by atoms with Crippen LogP contribution in [0.25, 0.3) is 0 Å². The van der Waals surface area contributed by atoms with Gasteiger partial charge in [-0.3, -0.25) is 0 Å². The van der Waals surface area contributed by atoms with Crippen molar-refractivity contribution in [3.8, 4) is 0 Å². The first-order valence-electron chi connectivity index (χ1n) is 7.01. The number of nitrogens with zero attached hydrogens (tertiary/aromatic N) is 1. The van der Waals surface area contributed by atoms with E-state index >= 15 is 0 Å². The fourth-order valence-electron chi connectivity index (χ4n) is 1.91. The molecule has 5 nitrogen and oxygen atoms in total. The molecule has 0 bridgehead atoms. The molecular formula is C14H25N3O2S. The standard InChI is InChI=1S/C14H25N3O2S/c1-11(2)6-5-7-12(3)17-20(18,19)13-8-9-14(15-4)16-10-13/h8-12,17H,5-7H2,1-4H3,(H,15,16). The highest BCUT2D eigenvalue weighted by atomic mass is 32.2. The third-order valence-electron chi connectivity index (χ3n) is 3.08. The number of hydrogen-bond donors (Lipinski definition) is 2. The molecule has 20 heavy (non-hydrogen) atoms. The van der Waals surface area contributed by atoms with E-state index in [2.05, 4.69) is 28.9 Å². The molecule has 2 N–H and O–H groups in total. The summed E-state index contributed by atoms with van der Waals surface area (Å²) in [4.78, 5) is 4.23. The zero-order valence-corrected chi connectivity index (χ0v) is 13.5. The Kier molecular flexibility index (Phi) is 6.42. The molecule has 0 saturated heterocycles. The van der Waals surface area contributed by atoms with Crippen LogP contribution < -0.4 is 10.0 Å². The van der Waals surface area contributed by atoms with Gasteiger partial charge < -0.3 is 5.32 Å². The van der Waals surface area contributed by atoms with E-state index in [0.717, 1.165) is 19.3 Å². The molecule has 1 rings (SSSR count). The van der Waals surface area contributed by atoms with E-state index in [1.54, 1.807) is 19.2 Å². The monoisotopic (exact) mass is 299 g/mol. The Hall–Kier alpha value is -1.14. The van der Waals surface area contributed by atoms with Gasteiger partial charge in [-0.15, -0.1) is 0 Å². The van der Waals surface area contributed by atoms with Crippen molar-refractivity contribution in [3.05, 3.63) is 18.3 Å². The molecule has 0 aliphatic carbocycles. The topological polar surface area (TPSA) is 71.1 Å². The van der Waals surface area contributed by atoms with E-state index < -0.39 is 10.0 Å². The highest BCUT2D eigenvalue weighted by Crippen LogP contribution is 2.13. The van der Waals surface area contributed by atoms with E-state index in [0.29, 0.717) is 11.7 Å². The van der Waals surface area contributed by atoms with Crippen molar-refractivity contribution in [3.63, 3.8) is 0 Å². The molecule has 0 spiro atoms. The molecule has 0 radical (unpaired) electrons. The van der Waals surface area contributed by atoms with Crippen LogP contribution in [0.3, 0.4) is 0 Å². The molecule has 1 atom stereocenters. The largest absolute Gasteiger partial charge is 0.373 e. The van der Waals surface area contributed by atoms with Crippen LogP contribution in [0.1, 0.15) is 40.0 Å². The lowest BCUT2D eigenvalue weighted by Crippen LogP contribution is -2.32. The summed E-state index contributed by atoms with van der Waals surface area (Å²) < 4.78 is 27.0. The number of rotatable bonds is 8. The van der Waals surface area contributed by atoms with Crippen molar-refractivity contribution in [1.29, 1.82) is 0 Å². The summed E-state index contributed by atoms with van der Waals surface area (Å²) in [6, 6.07) is 3.14. The molecule has 0 amide bonds. The van der Waals surface area contributed by atoms with Gasteiger partial charge in [0.05, 0.1) is 0 Å². The van der Waals surface area contributed by atoms with Gasteiger partial charge >= 0.3 is 0 Å². The number of anilines is 1. The maximum absolute atomic E-state index is 12.2. The molecule has 1 heterocycles. The van der Waals surface area contributed by atoms with Crippen molar-refractivity contribution < 1.29 is 8.42 Å². The first-order chi connectivity index (χ1) is 9.35. The van der Waals surface area contributed by atoms with Crippen LogP contribution in [-0.2, 0) is 10.0 Å². The average Bonchev–Trinajstić information content (AvgIpc) is 2.37. The molecule has 114 valence electrons. The van der Waals surface area contributed by atoms with Crippen LogP contribution in [0, 0.1) is 5.92 Å². The molecule has 0 aromatic carbocycles. The molecule has 1 aromatic heterocycles. The van der Waals surface area contributed by atoms with Crippen LogP contribution in [0.2, 0.25) is 0 Å². The first-order valence-corrected chi connectivity index (χ1v) is 8.49. The second kappa shape index (κ2) is 7.59. The lowest BCUT2D eigenvalue weighted by atomic mass is 10.0. The number of hydrogen-bond acceptors (Lipinski definition) is 4. The van der Waals surface area contributed by atoms with Gasteiger partial charge in [0.1, 0.15) is 10.7 Å². The minimum atomic E-state index is -3.48. The Morgan fingerprint density at radius 2 is 1.90 bits per heavy atom. The maximum atomic E-state index is 12.2. The molecule has 0 aliphatic heterocycles. The highest BCUT2D eigenvalue weighted by molar-refractivity contribution is 7.89. The van der Waals surface area contributed by atoms with Gasteiger partial charge in [-0.2, -0.15) is 0 Å². The van der Waals surface area contributed by atoms with Gasteiger partial charge in [0.25, 0.3) is 0 Å². The third kappa shape index (κ3) is 5.46. The Balaban J connectivity index is 2.59.